The molecule has 27 heavy (non-hydrogen) atoms. The normalized spacial score (nSPS) is 14.5. The van der Waals surface area contributed by atoms with E-state index in [1.165, 1.54) is 5.56 Å². The Labute approximate surface area is 159 Å². The molecule has 0 radical (unpaired) electrons. The van der Waals surface area contributed by atoms with E-state index in [1.807, 2.05) is 26.0 Å². The molecular formula is C22H24N2O3. The Hall–Kier alpha value is -2.79. The number of fused-ring (bicyclic) bond motifs is 1. The van der Waals surface area contributed by atoms with Crippen molar-refractivity contribution in [3.8, 4) is 22.6 Å². The van der Waals surface area contributed by atoms with Crippen LogP contribution in [0.3, 0.4) is 0 Å². The topological polar surface area (TPSA) is 58.7 Å². The first-order valence-electron chi connectivity index (χ1n) is 9.21. The fourth-order valence-electron chi connectivity index (χ4n) is 3.69. The van der Waals surface area contributed by atoms with Gasteiger partial charge in [0.05, 0.1) is 5.69 Å². The van der Waals surface area contributed by atoms with E-state index in [2.05, 4.69) is 35.2 Å². The van der Waals surface area contributed by atoms with Crippen LogP contribution >= 0.6 is 0 Å². The van der Waals surface area contributed by atoms with Crippen LogP contribution in [0.1, 0.15) is 28.1 Å². The van der Waals surface area contributed by atoms with Gasteiger partial charge in [0.1, 0.15) is 12.4 Å². The molecule has 0 aliphatic carbocycles. The molecule has 0 saturated carbocycles. The predicted molar refractivity (Wildman–Crippen MR) is 104 cm³/mol. The SMILES string of the molecule is Cc1ccccc1-c1cc(O)c2c(c1)CN(Cc1c(C)noc1C)CCO2. The summed E-state index contributed by atoms with van der Waals surface area (Å²) in [5.74, 6) is 1.65. The molecule has 0 unspecified atom stereocenters. The molecule has 0 saturated heterocycles. The van der Waals surface area contributed by atoms with Gasteiger partial charge in [-0.3, -0.25) is 4.90 Å². The highest BCUT2D eigenvalue weighted by molar-refractivity contribution is 5.71. The summed E-state index contributed by atoms with van der Waals surface area (Å²) in [5, 5.41) is 14.6. The Morgan fingerprint density at radius 3 is 2.70 bits per heavy atom. The van der Waals surface area contributed by atoms with Crippen molar-refractivity contribution in [2.45, 2.75) is 33.9 Å². The fraction of sp³-hybridized carbons (Fsp3) is 0.318. The van der Waals surface area contributed by atoms with Crippen molar-refractivity contribution < 1.29 is 14.4 Å². The quantitative estimate of drug-likeness (QED) is 0.748. The van der Waals surface area contributed by atoms with Gasteiger partial charge in [-0.25, -0.2) is 0 Å². The molecular weight excluding hydrogens is 340 g/mol. The molecule has 0 atom stereocenters. The monoisotopic (exact) mass is 364 g/mol. The van der Waals surface area contributed by atoms with Crippen LogP contribution in [0.4, 0.5) is 0 Å². The molecule has 0 spiro atoms. The van der Waals surface area contributed by atoms with E-state index in [0.29, 0.717) is 18.9 Å². The third-order valence-corrected chi connectivity index (χ3v) is 5.21. The van der Waals surface area contributed by atoms with Crippen LogP contribution < -0.4 is 4.74 Å². The van der Waals surface area contributed by atoms with Gasteiger partial charge in [0.15, 0.2) is 11.5 Å². The van der Waals surface area contributed by atoms with Crippen LogP contribution in [0.25, 0.3) is 11.1 Å². The van der Waals surface area contributed by atoms with Gasteiger partial charge in [0, 0.05) is 30.8 Å². The second kappa shape index (κ2) is 7.08. The predicted octanol–water partition coefficient (Wildman–Crippen LogP) is 4.37. The maximum absolute atomic E-state index is 10.6. The second-order valence-electron chi connectivity index (χ2n) is 7.16. The van der Waals surface area contributed by atoms with Crippen molar-refractivity contribution in [2.24, 2.45) is 0 Å². The summed E-state index contributed by atoms with van der Waals surface area (Å²) in [7, 11) is 0. The molecule has 4 rings (SSSR count). The summed E-state index contributed by atoms with van der Waals surface area (Å²) in [4.78, 5) is 2.30. The van der Waals surface area contributed by atoms with Crippen LogP contribution in [0, 0.1) is 20.8 Å². The highest BCUT2D eigenvalue weighted by atomic mass is 16.5. The Morgan fingerprint density at radius 2 is 1.96 bits per heavy atom. The molecule has 2 heterocycles. The van der Waals surface area contributed by atoms with E-state index in [-0.39, 0.29) is 5.75 Å². The van der Waals surface area contributed by atoms with Gasteiger partial charge in [0.2, 0.25) is 0 Å². The van der Waals surface area contributed by atoms with E-state index in [9.17, 15) is 5.11 Å². The first kappa shape index (κ1) is 17.6. The van der Waals surface area contributed by atoms with E-state index in [4.69, 9.17) is 9.26 Å². The molecule has 5 nitrogen and oxygen atoms in total. The molecule has 1 N–H and O–H groups in total. The zero-order valence-corrected chi connectivity index (χ0v) is 16.0. The van der Waals surface area contributed by atoms with Gasteiger partial charge in [0.25, 0.3) is 0 Å². The lowest BCUT2D eigenvalue weighted by molar-refractivity contribution is 0.216. The number of ether oxygens (including phenoxy) is 1. The fourth-order valence-corrected chi connectivity index (χ4v) is 3.69. The molecule has 0 amide bonds. The third kappa shape index (κ3) is 3.43. The summed E-state index contributed by atoms with van der Waals surface area (Å²) in [6.07, 6.45) is 0. The van der Waals surface area contributed by atoms with Crippen molar-refractivity contribution in [1.82, 2.24) is 10.1 Å². The number of aryl methyl sites for hydroxylation is 3. The molecule has 1 aliphatic heterocycles. The van der Waals surface area contributed by atoms with Crippen molar-refractivity contribution in [2.75, 3.05) is 13.2 Å². The Morgan fingerprint density at radius 1 is 1.15 bits per heavy atom. The van der Waals surface area contributed by atoms with E-state index < -0.39 is 0 Å². The first-order valence-corrected chi connectivity index (χ1v) is 9.21. The maximum Gasteiger partial charge on any atom is 0.165 e. The minimum absolute atomic E-state index is 0.199. The van der Waals surface area contributed by atoms with Crippen LogP contribution in [-0.2, 0) is 13.1 Å². The Bertz CT molecular complexity index is 958. The summed E-state index contributed by atoms with van der Waals surface area (Å²) in [6, 6.07) is 12.1. The lowest BCUT2D eigenvalue weighted by atomic mass is 9.97. The Balaban J connectivity index is 1.68. The standard InChI is InChI=1S/C22H24N2O3/c1-14-6-4-5-7-19(14)17-10-18-12-24(8-9-26-22(18)21(25)11-17)13-20-15(2)23-27-16(20)3/h4-7,10-11,25H,8-9,12-13H2,1-3H3. The molecule has 1 aromatic heterocycles. The molecule has 1 aliphatic rings. The molecule has 2 aromatic carbocycles. The second-order valence-corrected chi connectivity index (χ2v) is 7.16. The average molecular weight is 364 g/mol. The summed E-state index contributed by atoms with van der Waals surface area (Å²) in [6.45, 7) is 8.76. The molecule has 0 bridgehead atoms. The molecule has 3 aromatic rings. The zero-order chi connectivity index (χ0) is 19.0. The number of benzene rings is 2. The van der Waals surface area contributed by atoms with Gasteiger partial charge in [-0.1, -0.05) is 29.4 Å². The van der Waals surface area contributed by atoms with Crippen molar-refractivity contribution in [3.05, 3.63) is 64.5 Å². The van der Waals surface area contributed by atoms with Gasteiger partial charge in [-0.15, -0.1) is 0 Å². The third-order valence-electron chi connectivity index (χ3n) is 5.21. The van der Waals surface area contributed by atoms with Gasteiger partial charge in [-0.05, 0) is 49.6 Å². The lowest BCUT2D eigenvalue weighted by Gasteiger charge is -2.19. The summed E-state index contributed by atoms with van der Waals surface area (Å²) in [5.41, 5.74) is 6.35. The van der Waals surface area contributed by atoms with E-state index in [1.54, 1.807) is 6.07 Å². The highest BCUT2D eigenvalue weighted by Crippen LogP contribution is 2.38. The number of aromatic hydroxyl groups is 1. The van der Waals surface area contributed by atoms with Crippen LogP contribution in [0.15, 0.2) is 40.9 Å². The van der Waals surface area contributed by atoms with Gasteiger partial charge < -0.3 is 14.4 Å². The van der Waals surface area contributed by atoms with Crippen molar-refractivity contribution in [3.63, 3.8) is 0 Å². The number of rotatable bonds is 3. The number of hydrogen-bond donors (Lipinski definition) is 1. The lowest BCUT2D eigenvalue weighted by Crippen LogP contribution is -2.25. The number of phenolic OH excluding ortho intramolecular Hbond substituents is 1. The highest BCUT2D eigenvalue weighted by Gasteiger charge is 2.22. The van der Waals surface area contributed by atoms with Crippen molar-refractivity contribution in [1.29, 1.82) is 0 Å². The van der Waals surface area contributed by atoms with Gasteiger partial charge >= 0.3 is 0 Å². The van der Waals surface area contributed by atoms with Crippen LogP contribution in [0.5, 0.6) is 11.5 Å². The van der Waals surface area contributed by atoms with E-state index in [0.717, 1.165) is 46.8 Å². The van der Waals surface area contributed by atoms with Gasteiger partial charge in [-0.2, -0.15) is 0 Å². The number of phenols is 1. The van der Waals surface area contributed by atoms with Crippen LogP contribution in [0.2, 0.25) is 0 Å². The van der Waals surface area contributed by atoms with Crippen LogP contribution in [-0.4, -0.2) is 28.3 Å². The number of nitrogens with zero attached hydrogens (tertiary/aromatic N) is 2. The largest absolute Gasteiger partial charge is 0.504 e. The molecule has 140 valence electrons. The zero-order valence-electron chi connectivity index (χ0n) is 16.0. The molecule has 5 heteroatoms. The average Bonchev–Trinajstić information content (AvgIpc) is 2.84. The minimum Gasteiger partial charge on any atom is -0.504 e. The van der Waals surface area contributed by atoms with E-state index >= 15 is 0 Å². The minimum atomic E-state index is 0.199. The van der Waals surface area contributed by atoms with Crippen molar-refractivity contribution >= 4 is 0 Å². The molecule has 0 fully saturated rings. The summed E-state index contributed by atoms with van der Waals surface area (Å²) < 4.78 is 11.2. The number of hydrogen-bond acceptors (Lipinski definition) is 5. The Kier molecular flexibility index (Phi) is 4.62. The number of aromatic nitrogens is 1. The maximum atomic E-state index is 10.6. The summed E-state index contributed by atoms with van der Waals surface area (Å²) >= 11 is 0. The first-order chi connectivity index (χ1) is 13.0. The smallest absolute Gasteiger partial charge is 0.165 e.